The van der Waals surface area contributed by atoms with Crippen molar-refractivity contribution in [2.75, 3.05) is 40.0 Å². The lowest BCUT2D eigenvalue weighted by Crippen LogP contribution is -2.35. The first-order chi connectivity index (χ1) is 15.5. The first-order valence-electron chi connectivity index (χ1n) is 12.2. The van der Waals surface area contributed by atoms with Crippen LogP contribution in [0.5, 0.6) is 11.5 Å². The standard InChI is InChI=1S/C18H24N2O3.C8H19N/c1-2-3-15(19)10-16-8-14(11-20(16)6-7-21)13-4-5-17-18(9-13)23-12-22-17;1-4-6-8-9(3)7-5-2/h2-5,7,9,14-16H,6,8,10-12,19H2,1H3;4-8H2,1-3H3/b3-2+;/t14?,15-,16?;/m1./s1. The Bertz CT molecular complexity index is 710. The Labute approximate surface area is 194 Å². The molecule has 0 saturated carbocycles. The summed E-state index contributed by atoms with van der Waals surface area (Å²) in [4.78, 5) is 15.6. The first-order valence-corrected chi connectivity index (χ1v) is 12.2. The van der Waals surface area contributed by atoms with E-state index in [4.69, 9.17) is 15.2 Å². The number of ether oxygens (including phenoxy) is 2. The molecule has 2 heterocycles. The number of unbranched alkanes of at least 4 members (excludes halogenated alkanes) is 1. The van der Waals surface area contributed by atoms with Crippen molar-refractivity contribution in [2.24, 2.45) is 5.73 Å². The Morgan fingerprint density at radius 2 is 2.00 bits per heavy atom. The number of benzene rings is 1. The summed E-state index contributed by atoms with van der Waals surface area (Å²) in [6.07, 6.45) is 10.8. The van der Waals surface area contributed by atoms with Crippen molar-refractivity contribution in [3.63, 3.8) is 0 Å². The molecular formula is C26H43N3O3. The van der Waals surface area contributed by atoms with Crippen molar-refractivity contribution in [3.05, 3.63) is 35.9 Å². The number of fused-ring (bicyclic) bond motifs is 1. The largest absolute Gasteiger partial charge is 0.454 e. The molecular weight excluding hydrogens is 402 g/mol. The van der Waals surface area contributed by atoms with Crippen molar-refractivity contribution in [2.45, 2.75) is 70.9 Å². The zero-order chi connectivity index (χ0) is 23.3. The summed E-state index contributed by atoms with van der Waals surface area (Å²) in [6, 6.07) is 6.52. The van der Waals surface area contributed by atoms with Gasteiger partial charge in [-0.05, 0) is 76.4 Å². The molecule has 0 spiro atoms. The quantitative estimate of drug-likeness (QED) is 0.407. The lowest BCUT2D eigenvalue weighted by molar-refractivity contribution is -0.109. The van der Waals surface area contributed by atoms with E-state index in [9.17, 15) is 4.79 Å². The number of hydrogen-bond donors (Lipinski definition) is 1. The Balaban J connectivity index is 0.000000344. The molecule has 0 radical (unpaired) electrons. The average molecular weight is 446 g/mol. The van der Waals surface area contributed by atoms with Crippen LogP contribution in [0.1, 0.15) is 64.4 Å². The molecule has 3 rings (SSSR count). The minimum absolute atomic E-state index is 0.0367. The van der Waals surface area contributed by atoms with Gasteiger partial charge in [-0.25, -0.2) is 0 Å². The molecule has 2 aliphatic heterocycles. The zero-order valence-electron chi connectivity index (χ0n) is 20.5. The smallest absolute Gasteiger partial charge is 0.231 e. The zero-order valence-corrected chi connectivity index (χ0v) is 20.5. The molecule has 3 atom stereocenters. The van der Waals surface area contributed by atoms with Crippen molar-refractivity contribution in [3.8, 4) is 11.5 Å². The second kappa shape index (κ2) is 14.3. The van der Waals surface area contributed by atoms with Crippen molar-refractivity contribution < 1.29 is 14.3 Å². The van der Waals surface area contributed by atoms with E-state index in [1.54, 1.807) is 0 Å². The molecule has 180 valence electrons. The number of hydrogen-bond acceptors (Lipinski definition) is 6. The molecule has 2 aliphatic rings. The third kappa shape index (κ3) is 8.23. The van der Waals surface area contributed by atoms with Crippen molar-refractivity contribution in [1.82, 2.24) is 9.80 Å². The number of nitrogens with two attached hydrogens (primary N) is 1. The molecule has 6 heteroatoms. The van der Waals surface area contributed by atoms with Gasteiger partial charge in [-0.1, -0.05) is 38.5 Å². The van der Waals surface area contributed by atoms with E-state index < -0.39 is 0 Å². The highest BCUT2D eigenvalue weighted by Gasteiger charge is 2.33. The van der Waals surface area contributed by atoms with Gasteiger partial charge < -0.3 is 24.9 Å². The number of nitrogens with zero attached hydrogens (tertiary/aromatic N) is 2. The van der Waals surface area contributed by atoms with Gasteiger partial charge in [0, 0.05) is 18.6 Å². The monoisotopic (exact) mass is 445 g/mol. The van der Waals surface area contributed by atoms with E-state index >= 15 is 0 Å². The lowest BCUT2D eigenvalue weighted by atomic mass is 9.94. The third-order valence-electron chi connectivity index (χ3n) is 6.19. The molecule has 1 aromatic carbocycles. The maximum absolute atomic E-state index is 11.0. The molecule has 0 aromatic heterocycles. The molecule has 0 amide bonds. The average Bonchev–Trinajstić information content (AvgIpc) is 3.40. The SMILES string of the molecule is C/C=C/[C@@H](N)CC1CC(c2ccc3c(c2)OCO3)CN1CC=O.CCCCN(C)CCC. The van der Waals surface area contributed by atoms with Crippen LogP contribution in [0.3, 0.4) is 0 Å². The predicted octanol–water partition coefficient (Wildman–Crippen LogP) is 4.19. The Hall–Kier alpha value is -1.89. The number of rotatable bonds is 11. The van der Waals surface area contributed by atoms with E-state index in [2.05, 4.69) is 42.8 Å². The molecule has 32 heavy (non-hydrogen) atoms. The molecule has 2 unspecified atom stereocenters. The number of allylic oxidation sites excluding steroid dienone is 1. The van der Waals surface area contributed by atoms with Gasteiger partial charge in [0.1, 0.15) is 6.29 Å². The molecule has 1 saturated heterocycles. The van der Waals surface area contributed by atoms with E-state index in [1.807, 2.05) is 25.1 Å². The minimum Gasteiger partial charge on any atom is -0.454 e. The van der Waals surface area contributed by atoms with Gasteiger partial charge in [0.2, 0.25) is 6.79 Å². The van der Waals surface area contributed by atoms with Gasteiger partial charge >= 0.3 is 0 Å². The fourth-order valence-corrected chi connectivity index (χ4v) is 4.52. The Morgan fingerprint density at radius 1 is 1.22 bits per heavy atom. The van der Waals surface area contributed by atoms with Crippen molar-refractivity contribution in [1.29, 1.82) is 0 Å². The van der Waals surface area contributed by atoms with E-state index in [0.29, 0.717) is 25.3 Å². The molecule has 1 fully saturated rings. The maximum Gasteiger partial charge on any atom is 0.231 e. The van der Waals surface area contributed by atoms with Crippen LogP contribution < -0.4 is 15.2 Å². The fraction of sp³-hybridized carbons (Fsp3) is 0.654. The third-order valence-corrected chi connectivity index (χ3v) is 6.19. The second-order valence-electron chi connectivity index (χ2n) is 8.90. The fourth-order valence-electron chi connectivity index (χ4n) is 4.52. The summed E-state index contributed by atoms with van der Waals surface area (Å²) in [6.45, 7) is 10.6. The normalized spacial score (nSPS) is 21.1. The van der Waals surface area contributed by atoms with Gasteiger partial charge in [-0.15, -0.1) is 0 Å². The van der Waals surface area contributed by atoms with Crippen LogP contribution in [0.2, 0.25) is 0 Å². The van der Waals surface area contributed by atoms with Crippen LogP contribution in [-0.2, 0) is 4.79 Å². The molecule has 6 nitrogen and oxygen atoms in total. The highest BCUT2D eigenvalue weighted by molar-refractivity contribution is 5.52. The van der Waals surface area contributed by atoms with Gasteiger partial charge in [-0.2, -0.15) is 0 Å². The maximum atomic E-state index is 11.0. The van der Waals surface area contributed by atoms with Gasteiger partial charge in [0.25, 0.3) is 0 Å². The number of aldehydes is 1. The summed E-state index contributed by atoms with van der Waals surface area (Å²) in [5, 5.41) is 0. The topological polar surface area (TPSA) is 68.0 Å². The highest BCUT2D eigenvalue weighted by atomic mass is 16.7. The minimum atomic E-state index is 0.0367. The van der Waals surface area contributed by atoms with E-state index in [-0.39, 0.29) is 6.04 Å². The van der Waals surface area contributed by atoms with E-state index in [0.717, 1.165) is 37.2 Å². The Kier molecular flexibility index (Phi) is 11.8. The molecule has 2 N–H and O–H groups in total. The van der Waals surface area contributed by atoms with Crippen LogP contribution in [0.25, 0.3) is 0 Å². The Morgan fingerprint density at radius 3 is 2.69 bits per heavy atom. The second-order valence-corrected chi connectivity index (χ2v) is 8.90. The molecule has 1 aromatic rings. The van der Waals surface area contributed by atoms with Gasteiger partial charge in [0.15, 0.2) is 11.5 Å². The number of carbonyl (C=O) groups excluding carboxylic acids is 1. The first kappa shape index (κ1) is 26.4. The number of likely N-dealkylation sites (tertiary alicyclic amines) is 1. The van der Waals surface area contributed by atoms with Crippen LogP contribution >= 0.6 is 0 Å². The van der Waals surface area contributed by atoms with E-state index in [1.165, 1.54) is 37.9 Å². The van der Waals surface area contributed by atoms with Crippen molar-refractivity contribution >= 4 is 6.29 Å². The molecule has 0 bridgehead atoms. The van der Waals surface area contributed by atoms with Gasteiger partial charge in [0.05, 0.1) is 6.54 Å². The molecule has 0 aliphatic carbocycles. The summed E-state index contributed by atoms with van der Waals surface area (Å²) in [5.74, 6) is 2.02. The summed E-state index contributed by atoms with van der Waals surface area (Å²) in [7, 11) is 2.19. The van der Waals surface area contributed by atoms with Crippen LogP contribution in [0.4, 0.5) is 0 Å². The van der Waals surface area contributed by atoms with Crippen LogP contribution in [0, 0.1) is 0 Å². The summed E-state index contributed by atoms with van der Waals surface area (Å²) < 4.78 is 10.8. The lowest BCUT2D eigenvalue weighted by Gasteiger charge is -2.23. The summed E-state index contributed by atoms with van der Waals surface area (Å²) >= 11 is 0. The van der Waals surface area contributed by atoms with Gasteiger partial charge in [-0.3, -0.25) is 4.90 Å². The highest BCUT2D eigenvalue weighted by Crippen LogP contribution is 2.39. The number of carbonyl (C=O) groups is 1. The van der Waals surface area contributed by atoms with Crippen LogP contribution in [0.15, 0.2) is 30.4 Å². The summed E-state index contributed by atoms with van der Waals surface area (Å²) in [5.41, 5.74) is 7.38. The predicted molar refractivity (Wildman–Crippen MR) is 131 cm³/mol. The van der Waals surface area contributed by atoms with Crippen LogP contribution in [-0.4, -0.2) is 68.2 Å².